The number of carbonyl (C=O) groups is 1. The first-order chi connectivity index (χ1) is 7.61. The van der Waals surface area contributed by atoms with Crippen LogP contribution in [0.1, 0.15) is 52.9 Å². The lowest BCUT2D eigenvalue weighted by atomic mass is 10.1. The first-order valence-corrected chi connectivity index (χ1v) is 6.63. The maximum atomic E-state index is 11.5. The van der Waals surface area contributed by atoms with E-state index in [1.54, 1.807) is 6.92 Å². The van der Waals surface area contributed by atoms with Crippen molar-refractivity contribution in [3.05, 3.63) is 0 Å². The molecule has 0 N–H and O–H groups in total. The first kappa shape index (κ1) is 15.8. The Morgan fingerprint density at radius 2 is 1.94 bits per heavy atom. The minimum absolute atomic E-state index is 0.277. The van der Waals surface area contributed by atoms with E-state index in [1.807, 2.05) is 6.92 Å². The number of carbonyl (C=O) groups excluding carboxylic acids is 1. The van der Waals surface area contributed by atoms with E-state index < -0.39 is 6.29 Å². The third-order valence-electron chi connectivity index (χ3n) is 2.29. The predicted octanol–water partition coefficient (Wildman–Crippen LogP) is 3.18. The number of esters is 1. The molecule has 16 heavy (non-hydrogen) atoms. The molecule has 0 amide bonds. The fourth-order valence-electron chi connectivity index (χ4n) is 1.39. The van der Waals surface area contributed by atoms with Gasteiger partial charge in [0.2, 0.25) is 0 Å². The molecular formula is C12H24O3S. The van der Waals surface area contributed by atoms with Crippen molar-refractivity contribution in [1.82, 2.24) is 0 Å². The van der Waals surface area contributed by atoms with Crippen molar-refractivity contribution >= 4 is 18.6 Å². The predicted molar refractivity (Wildman–Crippen MR) is 68.7 cm³/mol. The highest BCUT2D eigenvalue weighted by atomic mass is 32.1. The average molecular weight is 248 g/mol. The van der Waals surface area contributed by atoms with Gasteiger partial charge < -0.3 is 9.47 Å². The van der Waals surface area contributed by atoms with E-state index in [-0.39, 0.29) is 11.2 Å². The van der Waals surface area contributed by atoms with Crippen molar-refractivity contribution < 1.29 is 14.3 Å². The second-order valence-corrected chi connectivity index (χ2v) is 4.45. The second kappa shape index (κ2) is 9.97. The summed E-state index contributed by atoms with van der Waals surface area (Å²) in [6, 6.07) is 0. The molecule has 96 valence electrons. The van der Waals surface area contributed by atoms with Crippen LogP contribution in [0.3, 0.4) is 0 Å². The highest BCUT2D eigenvalue weighted by Gasteiger charge is 2.17. The average Bonchev–Trinajstić information content (AvgIpc) is 2.24. The molecule has 0 aliphatic rings. The number of hydrogen-bond donors (Lipinski definition) is 1. The van der Waals surface area contributed by atoms with Crippen LogP contribution in [-0.2, 0) is 14.3 Å². The Morgan fingerprint density at radius 1 is 1.25 bits per heavy atom. The molecule has 3 nitrogen and oxygen atoms in total. The van der Waals surface area contributed by atoms with Gasteiger partial charge in [0.25, 0.3) is 0 Å². The van der Waals surface area contributed by atoms with Gasteiger partial charge in [-0.25, -0.2) is 0 Å². The fraction of sp³-hybridized carbons (Fsp3) is 0.917. The Hall–Kier alpha value is -0.220. The van der Waals surface area contributed by atoms with E-state index in [4.69, 9.17) is 9.47 Å². The highest BCUT2D eigenvalue weighted by molar-refractivity contribution is 7.81. The third kappa shape index (κ3) is 7.99. The van der Waals surface area contributed by atoms with E-state index in [1.165, 1.54) is 12.8 Å². The Morgan fingerprint density at radius 3 is 2.50 bits per heavy atom. The number of ether oxygens (including phenoxy) is 2. The van der Waals surface area contributed by atoms with Crippen molar-refractivity contribution in [2.45, 2.75) is 64.4 Å². The van der Waals surface area contributed by atoms with Crippen LogP contribution in [0.15, 0.2) is 0 Å². The Kier molecular flexibility index (Phi) is 9.83. The van der Waals surface area contributed by atoms with Gasteiger partial charge in [0.15, 0.2) is 6.29 Å². The van der Waals surface area contributed by atoms with Crippen LogP contribution in [0.2, 0.25) is 0 Å². The van der Waals surface area contributed by atoms with Gasteiger partial charge in [-0.2, -0.15) is 12.6 Å². The van der Waals surface area contributed by atoms with Crippen LogP contribution >= 0.6 is 12.6 Å². The molecule has 0 bridgehead atoms. The number of rotatable bonds is 9. The summed E-state index contributed by atoms with van der Waals surface area (Å²) in [4.78, 5) is 11.5. The molecule has 0 aromatic rings. The first-order valence-electron chi connectivity index (χ1n) is 6.12. The molecule has 0 aromatic heterocycles. The molecule has 0 heterocycles. The van der Waals surface area contributed by atoms with Gasteiger partial charge in [-0.1, -0.05) is 32.6 Å². The van der Waals surface area contributed by atoms with Gasteiger partial charge in [-0.15, -0.1) is 0 Å². The zero-order valence-electron chi connectivity index (χ0n) is 10.6. The fourth-order valence-corrected chi connectivity index (χ4v) is 1.64. The van der Waals surface area contributed by atoms with E-state index in [2.05, 4.69) is 19.6 Å². The van der Waals surface area contributed by atoms with Crippen LogP contribution in [0.4, 0.5) is 0 Å². The van der Waals surface area contributed by atoms with Crippen LogP contribution in [0, 0.1) is 0 Å². The Bertz CT molecular complexity index is 185. The second-order valence-electron chi connectivity index (χ2n) is 3.82. The lowest BCUT2D eigenvalue weighted by Gasteiger charge is -2.15. The van der Waals surface area contributed by atoms with E-state index in [0.29, 0.717) is 6.61 Å². The molecule has 0 aliphatic heterocycles. The summed E-state index contributed by atoms with van der Waals surface area (Å²) in [5, 5.41) is -0.320. The van der Waals surface area contributed by atoms with Crippen LogP contribution in [-0.4, -0.2) is 24.1 Å². The largest absolute Gasteiger partial charge is 0.435 e. The molecule has 0 fully saturated rings. The van der Waals surface area contributed by atoms with Crippen molar-refractivity contribution in [1.29, 1.82) is 0 Å². The summed E-state index contributed by atoms with van der Waals surface area (Å²) in [5.41, 5.74) is 0. The summed E-state index contributed by atoms with van der Waals surface area (Å²) in [5.74, 6) is -0.277. The molecule has 4 heteroatoms. The van der Waals surface area contributed by atoms with Crippen molar-refractivity contribution in [2.75, 3.05) is 6.61 Å². The maximum Gasteiger partial charge on any atom is 0.321 e. The summed E-state index contributed by atoms with van der Waals surface area (Å²) in [6.45, 7) is 6.30. The van der Waals surface area contributed by atoms with E-state index in [9.17, 15) is 4.79 Å². The molecule has 0 radical (unpaired) electrons. The molecule has 0 saturated heterocycles. The van der Waals surface area contributed by atoms with Gasteiger partial charge >= 0.3 is 5.97 Å². The smallest absolute Gasteiger partial charge is 0.321 e. The number of unbranched alkanes of at least 4 members (excludes halogenated alkanes) is 3. The standard InChI is InChI=1S/C12H24O3S/c1-4-6-7-8-9-11(16)12(13)15-10(3)14-5-2/h10-11,16H,4-9H2,1-3H3. The molecule has 0 rings (SSSR count). The maximum absolute atomic E-state index is 11.5. The van der Waals surface area contributed by atoms with Gasteiger partial charge in [0.1, 0.15) is 0 Å². The van der Waals surface area contributed by atoms with Gasteiger partial charge in [-0.3, -0.25) is 4.79 Å². The van der Waals surface area contributed by atoms with E-state index in [0.717, 1.165) is 19.3 Å². The molecule has 0 aliphatic carbocycles. The molecule has 2 atom stereocenters. The van der Waals surface area contributed by atoms with Crippen molar-refractivity contribution in [3.63, 3.8) is 0 Å². The minimum atomic E-state index is -0.470. The third-order valence-corrected chi connectivity index (χ3v) is 2.76. The lowest BCUT2D eigenvalue weighted by Crippen LogP contribution is -2.24. The Balaban J connectivity index is 3.64. The topological polar surface area (TPSA) is 35.5 Å². The summed E-state index contributed by atoms with van der Waals surface area (Å²) in [7, 11) is 0. The monoisotopic (exact) mass is 248 g/mol. The quantitative estimate of drug-likeness (QED) is 0.294. The molecule has 0 aromatic carbocycles. The Labute approximate surface area is 104 Å². The van der Waals surface area contributed by atoms with Crippen molar-refractivity contribution in [3.8, 4) is 0 Å². The molecule has 2 unspecified atom stereocenters. The summed E-state index contributed by atoms with van der Waals surface area (Å²) < 4.78 is 10.2. The van der Waals surface area contributed by atoms with Crippen molar-refractivity contribution in [2.24, 2.45) is 0 Å². The zero-order valence-corrected chi connectivity index (χ0v) is 11.5. The van der Waals surface area contributed by atoms with Gasteiger partial charge in [-0.05, 0) is 20.3 Å². The summed E-state index contributed by atoms with van der Waals surface area (Å²) >= 11 is 4.24. The van der Waals surface area contributed by atoms with Gasteiger partial charge in [0.05, 0.1) is 5.25 Å². The highest BCUT2D eigenvalue weighted by Crippen LogP contribution is 2.12. The molecule has 0 saturated carbocycles. The van der Waals surface area contributed by atoms with Crippen LogP contribution in [0.5, 0.6) is 0 Å². The normalized spacial score (nSPS) is 14.5. The van der Waals surface area contributed by atoms with E-state index >= 15 is 0 Å². The minimum Gasteiger partial charge on any atom is -0.435 e. The molecular weight excluding hydrogens is 224 g/mol. The van der Waals surface area contributed by atoms with Gasteiger partial charge in [0, 0.05) is 6.61 Å². The number of hydrogen-bond acceptors (Lipinski definition) is 4. The summed E-state index contributed by atoms with van der Waals surface area (Å²) in [6.07, 6.45) is 4.90. The number of thiol groups is 1. The molecule has 0 spiro atoms. The lowest BCUT2D eigenvalue weighted by molar-refractivity contribution is -0.173. The SMILES string of the molecule is CCCCCCC(S)C(=O)OC(C)OCC. The van der Waals surface area contributed by atoms with Crippen LogP contribution < -0.4 is 0 Å². The van der Waals surface area contributed by atoms with Crippen LogP contribution in [0.25, 0.3) is 0 Å². The zero-order chi connectivity index (χ0) is 12.4.